The predicted octanol–water partition coefficient (Wildman–Crippen LogP) is 1.07. The van der Waals surface area contributed by atoms with Gasteiger partial charge in [0.05, 0.1) is 6.61 Å². The van der Waals surface area contributed by atoms with E-state index in [1.165, 1.54) is 12.1 Å². The van der Waals surface area contributed by atoms with E-state index in [0.29, 0.717) is 11.1 Å². The van der Waals surface area contributed by atoms with E-state index < -0.39 is 5.91 Å². The van der Waals surface area contributed by atoms with Crippen LogP contribution in [0.5, 0.6) is 0 Å². The van der Waals surface area contributed by atoms with Crippen LogP contribution in [0.2, 0.25) is 0 Å². The van der Waals surface area contributed by atoms with E-state index in [-0.39, 0.29) is 24.0 Å². The number of aliphatic hydroxyl groups is 1. The molecule has 2 amide bonds. The molecule has 4 N–H and O–H groups in total. The zero-order valence-corrected chi connectivity index (χ0v) is 11.6. The maximum atomic E-state index is 12.2. The van der Waals surface area contributed by atoms with Crippen molar-refractivity contribution in [3.63, 3.8) is 0 Å². The molecule has 1 aliphatic carbocycles. The molecule has 2 unspecified atom stereocenters. The molecule has 0 radical (unpaired) electrons. The van der Waals surface area contributed by atoms with Gasteiger partial charge in [0.25, 0.3) is 5.91 Å². The lowest BCUT2D eigenvalue weighted by molar-refractivity contribution is 0.0829. The SMILES string of the molecule is CC1(CO)CCCC1NC(=O)c1ccc(C(N)=O)cc1. The number of carbonyl (C=O) groups is 2. The molecule has 20 heavy (non-hydrogen) atoms. The minimum absolute atomic E-state index is 0.0178. The zero-order chi connectivity index (χ0) is 14.8. The lowest BCUT2D eigenvalue weighted by Gasteiger charge is -2.30. The second-order valence-corrected chi connectivity index (χ2v) is 5.67. The summed E-state index contributed by atoms with van der Waals surface area (Å²) >= 11 is 0. The third kappa shape index (κ3) is 2.82. The first-order valence-electron chi connectivity index (χ1n) is 6.78. The summed E-state index contributed by atoms with van der Waals surface area (Å²) in [6, 6.07) is 6.23. The Bertz CT molecular complexity index is 512. The number of aliphatic hydroxyl groups excluding tert-OH is 1. The zero-order valence-electron chi connectivity index (χ0n) is 11.6. The van der Waals surface area contributed by atoms with Crippen molar-refractivity contribution < 1.29 is 14.7 Å². The standard InChI is InChI=1S/C15H20N2O3/c1-15(9-18)8-2-3-12(15)17-14(20)11-6-4-10(5-7-11)13(16)19/h4-7,12,18H,2-3,8-9H2,1H3,(H2,16,19)(H,17,20). The molecule has 0 aromatic heterocycles. The van der Waals surface area contributed by atoms with Crippen LogP contribution < -0.4 is 11.1 Å². The summed E-state index contributed by atoms with van der Waals surface area (Å²) in [6.45, 7) is 2.06. The van der Waals surface area contributed by atoms with Crippen molar-refractivity contribution in [2.75, 3.05) is 6.61 Å². The monoisotopic (exact) mass is 276 g/mol. The largest absolute Gasteiger partial charge is 0.396 e. The normalized spacial score (nSPS) is 25.4. The van der Waals surface area contributed by atoms with Gasteiger partial charge in [-0.05, 0) is 37.1 Å². The summed E-state index contributed by atoms with van der Waals surface area (Å²) in [5, 5.41) is 12.4. The molecule has 1 aromatic rings. The highest BCUT2D eigenvalue weighted by atomic mass is 16.3. The van der Waals surface area contributed by atoms with Gasteiger partial charge in [-0.3, -0.25) is 9.59 Å². The Balaban J connectivity index is 2.06. The molecule has 0 spiro atoms. The van der Waals surface area contributed by atoms with Gasteiger partial charge in [0.15, 0.2) is 0 Å². The summed E-state index contributed by atoms with van der Waals surface area (Å²) in [5.74, 6) is -0.701. The van der Waals surface area contributed by atoms with Crippen LogP contribution in [0.3, 0.4) is 0 Å². The molecule has 1 fully saturated rings. The van der Waals surface area contributed by atoms with Crippen LogP contribution in [0, 0.1) is 5.41 Å². The van der Waals surface area contributed by atoms with Crippen molar-refractivity contribution in [3.05, 3.63) is 35.4 Å². The van der Waals surface area contributed by atoms with E-state index in [4.69, 9.17) is 5.73 Å². The van der Waals surface area contributed by atoms with E-state index in [1.807, 2.05) is 6.92 Å². The van der Waals surface area contributed by atoms with Gasteiger partial charge in [-0.15, -0.1) is 0 Å². The Hall–Kier alpha value is -1.88. The number of nitrogens with one attached hydrogen (secondary N) is 1. The Morgan fingerprint density at radius 1 is 1.35 bits per heavy atom. The molecule has 0 saturated heterocycles. The summed E-state index contributed by atoms with van der Waals surface area (Å²) in [5.41, 5.74) is 5.78. The summed E-state index contributed by atoms with van der Waals surface area (Å²) in [6.07, 6.45) is 2.79. The van der Waals surface area contributed by atoms with Crippen LogP contribution >= 0.6 is 0 Å². The fourth-order valence-electron chi connectivity index (χ4n) is 2.70. The van der Waals surface area contributed by atoms with E-state index in [0.717, 1.165) is 19.3 Å². The Kier molecular flexibility index (Phi) is 4.09. The number of amides is 2. The van der Waals surface area contributed by atoms with Crippen LogP contribution in [-0.2, 0) is 0 Å². The third-order valence-corrected chi connectivity index (χ3v) is 4.18. The van der Waals surface area contributed by atoms with Gasteiger partial charge in [-0.25, -0.2) is 0 Å². The molecule has 2 atom stereocenters. The van der Waals surface area contributed by atoms with Crippen molar-refractivity contribution >= 4 is 11.8 Å². The minimum Gasteiger partial charge on any atom is -0.396 e. The van der Waals surface area contributed by atoms with Crippen LogP contribution in [0.25, 0.3) is 0 Å². The highest BCUT2D eigenvalue weighted by Gasteiger charge is 2.39. The number of nitrogens with two attached hydrogens (primary N) is 1. The smallest absolute Gasteiger partial charge is 0.251 e. The quantitative estimate of drug-likeness (QED) is 0.768. The number of rotatable bonds is 4. The lowest BCUT2D eigenvalue weighted by Crippen LogP contribution is -2.44. The summed E-state index contributed by atoms with van der Waals surface area (Å²) in [7, 11) is 0. The molecular weight excluding hydrogens is 256 g/mol. The van der Waals surface area contributed by atoms with Crippen molar-refractivity contribution in [1.29, 1.82) is 0 Å². The lowest BCUT2D eigenvalue weighted by atomic mass is 9.85. The number of benzene rings is 1. The molecule has 5 heteroatoms. The molecule has 2 rings (SSSR count). The van der Waals surface area contributed by atoms with Gasteiger partial charge < -0.3 is 16.2 Å². The van der Waals surface area contributed by atoms with Crippen LogP contribution in [0.1, 0.15) is 46.9 Å². The van der Waals surface area contributed by atoms with Gasteiger partial charge in [-0.1, -0.05) is 13.3 Å². The maximum Gasteiger partial charge on any atom is 0.251 e. The average molecular weight is 276 g/mol. The van der Waals surface area contributed by atoms with E-state index in [9.17, 15) is 14.7 Å². The molecule has 1 aromatic carbocycles. The van der Waals surface area contributed by atoms with Crippen molar-refractivity contribution in [3.8, 4) is 0 Å². The first-order chi connectivity index (χ1) is 9.46. The Morgan fingerprint density at radius 3 is 2.50 bits per heavy atom. The van der Waals surface area contributed by atoms with Crippen molar-refractivity contribution in [2.45, 2.75) is 32.2 Å². The molecule has 1 aliphatic rings. The van der Waals surface area contributed by atoms with Gasteiger partial charge in [-0.2, -0.15) is 0 Å². The summed E-state index contributed by atoms with van der Waals surface area (Å²) < 4.78 is 0. The number of hydrogen-bond donors (Lipinski definition) is 3. The highest BCUT2D eigenvalue weighted by molar-refractivity contribution is 5.97. The van der Waals surface area contributed by atoms with E-state index in [1.54, 1.807) is 12.1 Å². The molecule has 0 heterocycles. The molecule has 0 aliphatic heterocycles. The fourth-order valence-corrected chi connectivity index (χ4v) is 2.70. The Morgan fingerprint density at radius 2 is 1.95 bits per heavy atom. The molecular formula is C15H20N2O3. The van der Waals surface area contributed by atoms with Crippen molar-refractivity contribution in [1.82, 2.24) is 5.32 Å². The number of primary amides is 1. The van der Waals surface area contributed by atoms with E-state index >= 15 is 0 Å². The minimum atomic E-state index is -0.513. The predicted molar refractivity (Wildman–Crippen MR) is 75.3 cm³/mol. The average Bonchev–Trinajstić information content (AvgIpc) is 2.81. The summed E-state index contributed by atoms with van der Waals surface area (Å²) in [4.78, 5) is 23.2. The van der Waals surface area contributed by atoms with Crippen LogP contribution in [0.15, 0.2) is 24.3 Å². The van der Waals surface area contributed by atoms with Gasteiger partial charge in [0, 0.05) is 22.6 Å². The first kappa shape index (κ1) is 14.5. The van der Waals surface area contributed by atoms with Gasteiger partial charge >= 0.3 is 0 Å². The van der Waals surface area contributed by atoms with Crippen LogP contribution in [0.4, 0.5) is 0 Å². The highest BCUT2D eigenvalue weighted by Crippen LogP contribution is 2.37. The molecule has 0 bridgehead atoms. The second-order valence-electron chi connectivity index (χ2n) is 5.67. The molecule has 1 saturated carbocycles. The molecule has 108 valence electrons. The fraction of sp³-hybridized carbons (Fsp3) is 0.467. The van der Waals surface area contributed by atoms with Crippen molar-refractivity contribution in [2.24, 2.45) is 11.1 Å². The van der Waals surface area contributed by atoms with Gasteiger partial charge in [0.2, 0.25) is 5.91 Å². The number of carbonyl (C=O) groups excluding carboxylic acids is 2. The second kappa shape index (κ2) is 5.63. The third-order valence-electron chi connectivity index (χ3n) is 4.18. The topological polar surface area (TPSA) is 92.4 Å². The van der Waals surface area contributed by atoms with Gasteiger partial charge in [0.1, 0.15) is 0 Å². The van der Waals surface area contributed by atoms with Crippen LogP contribution in [-0.4, -0.2) is 29.6 Å². The molecule has 5 nitrogen and oxygen atoms in total. The first-order valence-corrected chi connectivity index (χ1v) is 6.78. The Labute approximate surface area is 118 Å². The van der Waals surface area contributed by atoms with E-state index in [2.05, 4.69) is 5.32 Å². The maximum absolute atomic E-state index is 12.2. The number of hydrogen-bond acceptors (Lipinski definition) is 3.